The predicted molar refractivity (Wildman–Crippen MR) is 54.9 cm³/mol. The Labute approximate surface area is 86.7 Å². The van der Waals surface area contributed by atoms with E-state index in [-0.39, 0.29) is 0 Å². The fourth-order valence-corrected chi connectivity index (χ4v) is 1.94. The first kappa shape index (κ1) is 13.5. The summed E-state index contributed by atoms with van der Waals surface area (Å²) in [5.41, 5.74) is 10.4. The molecule has 0 saturated carbocycles. The summed E-state index contributed by atoms with van der Waals surface area (Å²) in [6.07, 6.45) is 2.24. The van der Waals surface area contributed by atoms with Crippen molar-refractivity contribution < 1.29 is 13.3 Å². The van der Waals surface area contributed by atoms with E-state index < -0.39 is 14.8 Å². The third-order valence-electron chi connectivity index (χ3n) is 2.08. The van der Waals surface area contributed by atoms with Crippen molar-refractivity contribution in [3.8, 4) is 0 Å². The van der Waals surface area contributed by atoms with Crippen LogP contribution in [0.5, 0.6) is 0 Å². The molecule has 0 spiro atoms. The summed E-state index contributed by atoms with van der Waals surface area (Å²) in [5, 5.41) is 0. The molecule has 0 heterocycles. The Morgan fingerprint density at radius 2 is 1.93 bits per heavy atom. The molecule has 0 aliphatic carbocycles. The van der Waals surface area contributed by atoms with Crippen LogP contribution in [0.1, 0.15) is 26.2 Å². The summed E-state index contributed by atoms with van der Waals surface area (Å²) in [4.78, 5) is 0. The van der Waals surface area contributed by atoms with Gasteiger partial charge in [0.05, 0.1) is 12.7 Å². The van der Waals surface area contributed by atoms with E-state index in [1.54, 1.807) is 0 Å². The van der Waals surface area contributed by atoms with E-state index in [0.717, 1.165) is 12.8 Å². The van der Waals surface area contributed by atoms with Crippen molar-refractivity contribution in [2.75, 3.05) is 20.2 Å². The molecular formula is C8H20N2O3Si. The van der Waals surface area contributed by atoms with Crippen molar-refractivity contribution in [3.05, 3.63) is 0 Å². The van der Waals surface area contributed by atoms with Gasteiger partial charge in [0, 0.05) is 0 Å². The highest BCUT2D eigenvalue weighted by Crippen LogP contribution is 2.21. The molecule has 0 aliphatic heterocycles. The summed E-state index contributed by atoms with van der Waals surface area (Å²) >= 11 is 0. The van der Waals surface area contributed by atoms with Gasteiger partial charge >= 0.3 is 9.17 Å². The molecule has 6 heteroatoms. The van der Waals surface area contributed by atoms with Crippen LogP contribution in [0.4, 0.5) is 0 Å². The maximum Gasteiger partial charge on any atom is 0.767 e. The van der Waals surface area contributed by atoms with Crippen LogP contribution in [-0.2, 0) is 13.3 Å². The van der Waals surface area contributed by atoms with Gasteiger partial charge in [-0.25, -0.2) is 0 Å². The van der Waals surface area contributed by atoms with Crippen LogP contribution < -0.4 is 11.5 Å². The summed E-state index contributed by atoms with van der Waals surface area (Å²) in [5.74, 6) is 0. The Morgan fingerprint density at radius 3 is 2.36 bits per heavy atom. The zero-order valence-electron chi connectivity index (χ0n) is 8.91. The molecule has 0 aromatic carbocycles. The van der Waals surface area contributed by atoms with Crippen LogP contribution >= 0.6 is 0 Å². The third kappa shape index (κ3) is 5.31. The molecule has 84 valence electrons. The standard InChI is InChI=1S/C8H20N2O3Si/c1-8(5-7-10,4-3-6-9)13-14(11)12-2/h3-7,9-10H2,1-2H3. The first-order valence-electron chi connectivity index (χ1n) is 4.75. The molecule has 0 aliphatic rings. The monoisotopic (exact) mass is 220 g/mol. The SMILES string of the molecule is CO[Si](=O)OC(C)(CCN)CCCN. The lowest BCUT2D eigenvalue weighted by Crippen LogP contribution is -2.36. The van der Waals surface area contributed by atoms with Gasteiger partial charge in [-0.05, 0) is 39.3 Å². The number of rotatable bonds is 8. The predicted octanol–water partition coefficient (Wildman–Crippen LogP) is -0.0888. The average molecular weight is 220 g/mol. The molecule has 14 heavy (non-hydrogen) atoms. The molecule has 0 fully saturated rings. The molecule has 1 atom stereocenters. The van der Waals surface area contributed by atoms with Crippen molar-refractivity contribution in [3.63, 3.8) is 0 Å². The van der Waals surface area contributed by atoms with Crippen LogP contribution in [0.25, 0.3) is 0 Å². The van der Waals surface area contributed by atoms with E-state index in [0.29, 0.717) is 19.5 Å². The Hall–Kier alpha value is -0.463. The van der Waals surface area contributed by atoms with E-state index in [2.05, 4.69) is 4.43 Å². The van der Waals surface area contributed by atoms with Gasteiger partial charge < -0.3 is 20.3 Å². The lowest BCUT2D eigenvalue weighted by Gasteiger charge is -2.28. The number of nitrogens with two attached hydrogens (primary N) is 2. The van der Waals surface area contributed by atoms with Crippen molar-refractivity contribution in [1.82, 2.24) is 0 Å². The fourth-order valence-electron chi connectivity index (χ4n) is 1.25. The van der Waals surface area contributed by atoms with E-state index >= 15 is 0 Å². The summed E-state index contributed by atoms with van der Waals surface area (Å²) in [6, 6.07) is 0. The molecule has 0 rings (SSSR count). The molecular weight excluding hydrogens is 200 g/mol. The normalized spacial score (nSPS) is 14.6. The van der Waals surface area contributed by atoms with E-state index in [4.69, 9.17) is 15.9 Å². The molecule has 0 radical (unpaired) electrons. The second kappa shape index (κ2) is 6.91. The second-order valence-corrected chi connectivity index (χ2v) is 4.55. The maximum absolute atomic E-state index is 11.1. The van der Waals surface area contributed by atoms with Crippen molar-refractivity contribution in [1.29, 1.82) is 0 Å². The minimum Gasteiger partial charge on any atom is -0.499 e. The Kier molecular flexibility index (Phi) is 6.68. The van der Waals surface area contributed by atoms with E-state index in [1.165, 1.54) is 7.11 Å². The summed E-state index contributed by atoms with van der Waals surface area (Å²) in [6.45, 7) is 2.98. The van der Waals surface area contributed by atoms with Gasteiger partial charge in [-0.1, -0.05) is 0 Å². The fraction of sp³-hybridized carbons (Fsp3) is 1.00. The smallest absolute Gasteiger partial charge is 0.499 e. The maximum atomic E-state index is 11.1. The van der Waals surface area contributed by atoms with Crippen molar-refractivity contribution in [2.45, 2.75) is 31.8 Å². The molecule has 5 nitrogen and oxygen atoms in total. The minimum atomic E-state index is -2.38. The quantitative estimate of drug-likeness (QED) is 0.558. The lowest BCUT2D eigenvalue weighted by molar-refractivity contribution is 0.0320. The largest absolute Gasteiger partial charge is 0.767 e. The summed E-state index contributed by atoms with van der Waals surface area (Å²) < 4.78 is 21.1. The minimum absolute atomic E-state index is 0.472. The number of hydrogen-bond donors (Lipinski definition) is 2. The van der Waals surface area contributed by atoms with Gasteiger partial charge in [0.1, 0.15) is 0 Å². The van der Waals surface area contributed by atoms with Crippen molar-refractivity contribution >= 4 is 9.17 Å². The second-order valence-electron chi connectivity index (χ2n) is 3.44. The highest BCUT2D eigenvalue weighted by Gasteiger charge is 2.29. The van der Waals surface area contributed by atoms with Crippen molar-refractivity contribution in [2.24, 2.45) is 11.5 Å². The molecule has 0 aromatic rings. The number of hydrogen-bond acceptors (Lipinski definition) is 5. The molecule has 0 amide bonds. The van der Waals surface area contributed by atoms with Crippen LogP contribution in [-0.4, -0.2) is 35.0 Å². The van der Waals surface area contributed by atoms with E-state index in [1.807, 2.05) is 6.92 Å². The lowest BCUT2D eigenvalue weighted by atomic mass is 9.96. The Balaban J connectivity index is 4.14. The zero-order chi connectivity index (χ0) is 11.0. The molecule has 4 N–H and O–H groups in total. The van der Waals surface area contributed by atoms with Crippen LogP contribution in [0, 0.1) is 0 Å². The van der Waals surface area contributed by atoms with Gasteiger partial charge in [0.25, 0.3) is 0 Å². The highest BCUT2D eigenvalue weighted by atomic mass is 28.3. The molecule has 1 unspecified atom stereocenters. The van der Waals surface area contributed by atoms with Crippen LogP contribution in [0.2, 0.25) is 0 Å². The highest BCUT2D eigenvalue weighted by molar-refractivity contribution is 6.26. The Morgan fingerprint density at radius 1 is 1.29 bits per heavy atom. The molecule has 0 saturated heterocycles. The Bertz CT molecular complexity index is 180. The van der Waals surface area contributed by atoms with Gasteiger partial charge in [0.2, 0.25) is 0 Å². The summed E-state index contributed by atoms with van der Waals surface area (Å²) in [7, 11) is -1.02. The van der Waals surface area contributed by atoms with Gasteiger partial charge in [0.15, 0.2) is 0 Å². The van der Waals surface area contributed by atoms with Gasteiger partial charge in [-0.3, -0.25) is 4.46 Å². The molecule has 0 bridgehead atoms. The van der Waals surface area contributed by atoms with Crippen LogP contribution in [0.15, 0.2) is 0 Å². The molecule has 0 aromatic heterocycles. The first-order chi connectivity index (χ1) is 6.58. The average Bonchev–Trinajstić information content (AvgIpc) is 2.15. The van der Waals surface area contributed by atoms with Crippen LogP contribution in [0.3, 0.4) is 0 Å². The first-order valence-corrected chi connectivity index (χ1v) is 5.97. The zero-order valence-corrected chi connectivity index (χ0v) is 9.91. The third-order valence-corrected chi connectivity index (χ3v) is 3.07. The van der Waals surface area contributed by atoms with Gasteiger partial charge in [-0.2, -0.15) is 0 Å². The topological polar surface area (TPSA) is 87.6 Å². The van der Waals surface area contributed by atoms with Gasteiger partial charge in [-0.15, -0.1) is 0 Å². The van der Waals surface area contributed by atoms with E-state index in [9.17, 15) is 4.46 Å².